The Hall–Kier alpha value is -1.22. The zero-order valence-electron chi connectivity index (χ0n) is 11.7. The fraction of sp³-hybridized carbons (Fsp3) is 0.833. The topological polar surface area (TPSA) is 94.1 Å². The van der Waals surface area contributed by atoms with Crippen molar-refractivity contribution in [3.05, 3.63) is 0 Å². The van der Waals surface area contributed by atoms with Crippen molar-refractivity contribution in [2.75, 3.05) is 65.6 Å². The molecular weight excluding hydrogens is 264 g/mol. The van der Waals surface area contributed by atoms with Crippen molar-refractivity contribution in [1.29, 1.82) is 0 Å². The lowest BCUT2D eigenvalue weighted by atomic mass is 10.4. The lowest BCUT2D eigenvalue weighted by Crippen LogP contribution is -2.44. The fourth-order valence-corrected chi connectivity index (χ4v) is 2.04. The number of carbonyl (C=O) groups is 2. The Labute approximate surface area is 119 Å². The lowest BCUT2D eigenvalue weighted by molar-refractivity contribution is -0.138. The van der Waals surface area contributed by atoms with Gasteiger partial charge in [0.25, 0.3) is 6.47 Å². The van der Waals surface area contributed by atoms with E-state index in [2.05, 4.69) is 10.6 Å². The molecule has 0 aromatic rings. The number of nitrogens with one attached hydrogen (secondary N) is 2. The summed E-state index contributed by atoms with van der Waals surface area (Å²) in [4.78, 5) is 24.9. The number of hydrogen-bond acceptors (Lipinski definition) is 7. The summed E-state index contributed by atoms with van der Waals surface area (Å²) in [7, 11) is 0. The molecule has 1 fully saturated rings. The molecule has 0 amide bonds. The predicted octanol–water partition coefficient (Wildman–Crippen LogP) is -2.00. The molecule has 0 saturated carbocycles. The second-order valence-corrected chi connectivity index (χ2v) is 4.68. The Kier molecular flexibility index (Phi) is 8.88. The van der Waals surface area contributed by atoms with Gasteiger partial charge >= 0.3 is 5.97 Å². The fourth-order valence-electron chi connectivity index (χ4n) is 2.04. The molecule has 20 heavy (non-hydrogen) atoms. The summed E-state index contributed by atoms with van der Waals surface area (Å²) in [5.74, 6) is -0.797. The third-order valence-electron chi connectivity index (χ3n) is 3.10. The first-order chi connectivity index (χ1) is 9.72. The number of carboxylic acid groups (broad SMARTS) is 1. The van der Waals surface area contributed by atoms with E-state index in [1.807, 2.05) is 9.80 Å². The molecular formula is C12H24N4O4. The van der Waals surface area contributed by atoms with Crippen LogP contribution < -0.4 is 10.6 Å². The first kappa shape index (κ1) is 16.8. The van der Waals surface area contributed by atoms with Crippen LogP contribution in [0.2, 0.25) is 0 Å². The molecule has 1 saturated heterocycles. The molecule has 0 unspecified atom stereocenters. The van der Waals surface area contributed by atoms with Crippen molar-refractivity contribution in [2.24, 2.45) is 0 Å². The SMILES string of the molecule is O=COCN1CCNCCN(CC(=O)O)CCNCC1. The van der Waals surface area contributed by atoms with Crippen LogP contribution in [-0.2, 0) is 14.3 Å². The number of ether oxygens (including phenoxy) is 1. The molecule has 0 bridgehead atoms. The van der Waals surface area contributed by atoms with E-state index >= 15 is 0 Å². The first-order valence-corrected chi connectivity index (χ1v) is 6.85. The molecule has 0 atom stereocenters. The van der Waals surface area contributed by atoms with Gasteiger partial charge in [-0.1, -0.05) is 0 Å². The second kappa shape index (κ2) is 10.6. The average Bonchev–Trinajstić information content (AvgIpc) is 2.40. The monoisotopic (exact) mass is 288 g/mol. The highest BCUT2D eigenvalue weighted by Crippen LogP contribution is 1.90. The maximum absolute atomic E-state index is 10.8. The summed E-state index contributed by atoms with van der Waals surface area (Å²) in [5, 5.41) is 15.4. The molecule has 1 aliphatic heterocycles. The molecule has 0 radical (unpaired) electrons. The van der Waals surface area contributed by atoms with Crippen LogP contribution in [0.4, 0.5) is 0 Å². The van der Waals surface area contributed by atoms with Gasteiger partial charge in [-0.3, -0.25) is 19.4 Å². The molecule has 1 heterocycles. The van der Waals surface area contributed by atoms with Gasteiger partial charge in [-0.15, -0.1) is 0 Å². The molecule has 1 rings (SSSR count). The van der Waals surface area contributed by atoms with Gasteiger partial charge in [-0.25, -0.2) is 0 Å². The summed E-state index contributed by atoms with van der Waals surface area (Å²) >= 11 is 0. The second-order valence-electron chi connectivity index (χ2n) is 4.68. The van der Waals surface area contributed by atoms with E-state index in [4.69, 9.17) is 9.84 Å². The summed E-state index contributed by atoms with van der Waals surface area (Å²) in [6.45, 7) is 6.87. The highest BCUT2D eigenvalue weighted by atomic mass is 16.5. The summed E-state index contributed by atoms with van der Waals surface area (Å²) in [6, 6.07) is 0. The molecule has 116 valence electrons. The van der Waals surface area contributed by atoms with E-state index in [-0.39, 0.29) is 6.54 Å². The van der Waals surface area contributed by atoms with E-state index in [0.717, 1.165) is 39.3 Å². The van der Waals surface area contributed by atoms with Gasteiger partial charge in [0.05, 0.1) is 6.54 Å². The minimum absolute atomic E-state index is 0.0721. The Balaban J connectivity index is 2.33. The average molecular weight is 288 g/mol. The molecule has 3 N–H and O–H groups in total. The molecule has 0 aromatic carbocycles. The first-order valence-electron chi connectivity index (χ1n) is 6.85. The largest absolute Gasteiger partial charge is 0.480 e. The third-order valence-corrected chi connectivity index (χ3v) is 3.10. The maximum Gasteiger partial charge on any atom is 0.317 e. The molecule has 0 aromatic heterocycles. The maximum atomic E-state index is 10.8. The molecule has 1 aliphatic rings. The van der Waals surface area contributed by atoms with Crippen molar-refractivity contribution in [3.8, 4) is 0 Å². The van der Waals surface area contributed by atoms with E-state index in [0.29, 0.717) is 26.3 Å². The van der Waals surface area contributed by atoms with E-state index in [1.54, 1.807) is 0 Å². The highest BCUT2D eigenvalue weighted by molar-refractivity contribution is 5.69. The van der Waals surface area contributed by atoms with Gasteiger partial charge in [0.1, 0.15) is 6.73 Å². The van der Waals surface area contributed by atoms with Gasteiger partial charge in [-0.05, 0) is 0 Å². The zero-order chi connectivity index (χ0) is 14.6. The zero-order valence-corrected chi connectivity index (χ0v) is 11.7. The number of rotatable bonds is 5. The third kappa shape index (κ3) is 8.05. The van der Waals surface area contributed by atoms with Crippen LogP contribution in [0.15, 0.2) is 0 Å². The Morgan fingerprint density at radius 2 is 1.55 bits per heavy atom. The van der Waals surface area contributed by atoms with Crippen molar-refractivity contribution >= 4 is 12.4 Å². The molecule has 8 heteroatoms. The standard InChI is InChI=1S/C12H24N4O4/c17-11-20-10-16-7-3-13-1-5-15(9-12(18)19)6-2-14-4-8-16/h11,13-14H,1-10H2,(H,18,19). The number of aliphatic carboxylic acids is 1. The summed E-state index contributed by atoms with van der Waals surface area (Å²) in [5.41, 5.74) is 0. The van der Waals surface area contributed by atoms with E-state index < -0.39 is 5.97 Å². The molecule has 0 aliphatic carbocycles. The van der Waals surface area contributed by atoms with Gasteiger partial charge in [0, 0.05) is 52.4 Å². The van der Waals surface area contributed by atoms with E-state index in [1.165, 1.54) is 0 Å². The van der Waals surface area contributed by atoms with Crippen LogP contribution >= 0.6 is 0 Å². The normalized spacial score (nSPS) is 20.6. The number of carboxylic acids is 1. The number of hydrogen-bond donors (Lipinski definition) is 3. The van der Waals surface area contributed by atoms with E-state index in [9.17, 15) is 9.59 Å². The Bertz CT molecular complexity index is 277. The van der Waals surface area contributed by atoms with Crippen molar-refractivity contribution in [3.63, 3.8) is 0 Å². The minimum Gasteiger partial charge on any atom is -0.480 e. The van der Waals surface area contributed by atoms with Crippen molar-refractivity contribution < 1.29 is 19.4 Å². The van der Waals surface area contributed by atoms with Crippen LogP contribution in [0.1, 0.15) is 0 Å². The summed E-state index contributed by atoms with van der Waals surface area (Å²) in [6.07, 6.45) is 0. The summed E-state index contributed by atoms with van der Waals surface area (Å²) < 4.78 is 4.77. The lowest BCUT2D eigenvalue weighted by Gasteiger charge is -2.25. The van der Waals surface area contributed by atoms with Gasteiger partial charge < -0.3 is 20.5 Å². The minimum atomic E-state index is -0.797. The Morgan fingerprint density at radius 1 is 1.05 bits per heavy atom. The van der Waals surface area contributed by atoms with Crippen LogP contribution in [0.5, 0.6) is 0 Å². The number of carbonyl (C=O) groups excluding carboxylic acids is 1. The van der Waals surface area contributed by atoms with Gasteiger partial charge in [0.2, 0.25) is 0 Å². The Morgan fingerprint density at radius 3 is 2.00 bits per heavy atom. The van der Waals surface area contributed by atoms with Gasteiger partial charge in [0.15, 0.2) is 0 Å². The van der Waals surface area contributed by atoms with Crippen molar-refractivity contribution in [2.45, 2.75) is 0 Å². The molecule has 8 nitrogen and oxygen atoms in total. The van der Waals surface area contributed by atoms with Crippen LogP contribution in [0.3, 0.4) is 0 Å². The quantitative estimate of drug-likeness (QED) is 0.500. The van der Waals surface area contributed by atoms with Crippen molar-refractivity contribution in [1.82, 2.24) is 20.4 Å². The number of nitrogens with zero attached hydrogens (tertiary/aromatic N) is 2. The smallest absolute Gasteiger partial charge is 0.317 e. The van der Waals surface area contributed by atoms with Crippen LogP contribution in [-0.4, -0.2) is 93.0 Å². The molecule has 0 spiro atoms. The highest BCUT2D eigenvalue weighted by Gasteiger charge is 2.10. The van der Waals surface area contributed by atoms with Gasteiger partial charge in [-0.2, -0.15) is 0 Å². The van der Waals surface area contributed by atoms with Crippen LogP contribution in [0.25, 0.3) is 0 Å². The predicted molar refractivity (Wildman–Crippen MR) is 73.4 cm³/mol. The van der Waals surface area contributed by atoms with Crippen LogP contribution in [0, 0.1) is 0 Å².